The Morgan fingerprint density at radius 2 is 1.98 bits per heavy atom. The van der Waals surface area contributed by atoms with Crippen molar-refractivity contribution < 1.29 is 37.8 Å². The highest BCUT2D eigenvalue weighted by atomic mass is 19.2. The van der Waals surface area contributed by atoms with E-state index >= 15 is 0 Å². The number of benzene rings is 2. The third-order valence-corrected chi connectivity index (χ3v) is 6.40. The maximum Gasteiger partial charge on any atom is 0.337 e. The summed E-state index contributed by atoms with van der Waals surface area (Å²) < 4.78 is 33.0. The van der Waals surface area contributed by atoms with Gasteiger partial charge in [-0.15, -0.1) is 0 Å². The molecule has 2 atom stereocenters. The molecule has 11 nitrogen and oxygen atoms in total. The number of carboxylic acids is 1. The molecule has 2 aromatic carbocycles. The lowest BCUT2D eigenvalue weighted by Crippen LogP contribution is -2.48. The number of rotatable bonds is 10. The van der Waals surface area contributed by atoms with Gasteiger partial charge in [0.15, 0.2) is 17.5 Å². The number of imide groups is 1. The minimum Gasteiger partial charge on any atom is -0.496 e. The Kier molecular flexibility index (Phi) is 10.2. The van der Waals surface area contributed by atoms with Crippen molar-refractivity contribution in [3.63, 3.8) is 0 Å². The zero-order valence-corrected chi connectivity index (χ0v) is 22.5. The third kappa shape index (κ3) is 7.16. The zero-order valence-electron chi connectivity index (χ0n) is 22.5. The van der Waals surface area contributed by atoms with Gasteiger partial charge in [0.05, 0.1) is 31.2 Å². The summed E-state index contributed by atoms with van der Waals surface area (Å²) in [7, 11) is 1.31. The number of amidine groups is 1. The van der Waals surface area contributed by atoms with Gasteiger partial charge in [0, 0.05) is 18.3 Å². The number of nitrogens with zero attached hydrogens (tertiary/aromatic N) is 2. The first-order valence-corrected chi connectivity index (χ1v) is 12.8. The summed E-state index contributed by atoms with van der Waals surface area (Å²) in [6.45, 7) is 3.71. The van der Waals surface area contributed by atoms with Gasteiger partial charge < -0.3 is 31.0 Å². The number of oxime groups is 1. The van der Waals surface area contributed by atoms with Gasteiger partial charge in [-0.25, -0.2) is 18.4 Å². The summed E-state index contributed by atoms with van der Waals surface area (Å²) in [5, 5.41) is 19.1. The van der Waals surface area contributed by atoms with Crippen LogP contribution in [0.25, 0.3) is 0 Å². The Balaban J connectivity index is 1.91. The number of amides is 3. The fourth-order valence-electron chi connectivity index (χ4n) is 4.38. The molecule has 5 N–H and O–H groups in total. The van der Waals surface area contributed by atoms with Gasteiger partial charge in [-0.3, -0.25) is 9.69 Å². The highest BCUT2D eigenvalue weighted by molar-refractivity contribution is 6.02. The van der Waals surface area contributed by atoms with E-state index in [0.29, 0.717) is 18.4 Å². The van der Waals surface area contributed by atoms with Crippen molar-refractivity contribution in [2.45, 2.75) is 39.2 Å². The second-order valence-corrected chi connectivity index (χ2v) is 9.18. The van der Waals surface area contributed by atoms with Crippen LogP contribution in [0.3, 0.4) is 0 Å². The van der Waals surface area contributed by atoms with Crippen molar-refractivity contribution in [1.29, 1.82) is 0 Å². The SMILES string of the molecule is CCCC(NC(=O)N1C/C(=N/OCC)NC[C@@H](Cc2cc(F)c(F)cc2OC)C1=O)c1ccc(C(=O)O)c(N)c1. The molecule has 0 spiro atoms. The first-order chi connectivity index (χ1) is 19.1. The number of aromatic carboxylic acids is 1. The molecule has 1 fully saturated rings. The molecule has 3 amide bonds. The largest absolute Gasteiger partial charge is 0.496 e. The lowest BCUT2D eigenvalue weighted by molar-refractivity contribution is -0.131. The molecule has 0 radical (unpaired) electrons. The molecule has 0 saturated carbocycles. The minimum atomic E-state index is -1.17. The fourth-order valence-corrected chi connectivity index (χ4v) is 4.38. The van der Waals surface area contributed by atoms with E-state index in [1.165, 1.54) is 19.2 Å². The summed E-state index contributed by atoms with van der Waals surface area (Å²) in [6, 6.07) is 4.98. The van der Waals surface area contributed by atoms with E-state index in [4.69, 9.17) is 15.3 Å². The first-order valence-electron chi connectivity index (χ1n) is 12.8. The number of hydrogen-bond donors (Lipinski definition) is 4. The van der Waals surface area contributed by atoms with Crippen LogP contribution < -0.4 is 21.1 Å². The van der Waals surface area contributed by atoms with E-state index in [9.17, 15) is 28.3 Å². The second kappa shape index (κ2) is 13.6. The number of ether oxygens (including phenoxy) is 1. The normalized spacial score (nSPS) is 17.1. The zero-order chi connectivity index (χ0) is 29.4. The van der Waals surface area contributed by atoms with Gasteiger partial charge in [0.2, 0.25) is 5.91 Å². The van der Waals surface area contributed by atoms with Gasteiger partial charge in [0.25, 0.3) is 0 Å². The Labute approximate surface area is 230 Å². The van der Waals surface area contributed by atoms with Crippen LogP contribution in [0.5, 0.6) is 5.75 Å². The number of carbonyl (C=O) groups is 3. The highest BCUT2D eigenvalue weighted by Crippen LogP contribution is 2.27. The van der Waals surface area contributed by atoms with Crippen molar-refractivity contribution in [2.24, 2.45) is 11.1 Å². The number of halogens is 2. The van der Waals surface area contributed by atoms with Crippen molar-refractivity contribution in [1.82, 2.24) is 15.5 Å². The van der Waals surface area contributed by atoms with Gasteiger partial charge in [-0.2, -0.15) is 0 Å². The van der Waals surface area contributed by atoms with Gasteiger partial charge in [0.1, 0.15) is 12.4 Å². The third-order valence-electron chi connectivity index (χ3n) is 6.40. The van der Waals surface area contributed by atoms with Crippen LogP contribution in [0, 0.1) is 17.6 Å². The van der Waals surface area contributed by atoms with Crippen LogP contribution >= 0.6 is 0 Å². The number of carbonyl (C=O) groups excluding carboxylic acids is 2. The Morgan fingerprint density at radius 1 is 1.25 bits per heavy atom. The van der Waals surface area contributed by atoms with Gasteiger partial charge in [-0.05, 0) is 49.1 Å². The smallest absolute Gasteiger partial charge is 0.337 e. The number of urea groups is 1. The minimum absolute atomic E-state index is 0.0436. The quantitative estimate of drug-likeness (QED) is 0.254. The highest BCUT2D eigenvalue weighted by Gasteiger charge is 2.35. The lowest BCUT2D eigenvalue weighted by Gasteiger charge is -2.26. The monoisotopic (exact) mass is 561 g/mol. The fraction of sp³-hybridized carbons (Fsp3) is 0.407. The lowest BCUT2D eigenvalue weighted by atomic mass is 9.97. The molecule has 1 unspecified atom stereocenters. The van der Waals surface area contributed by atoms with Crippen molar-refractivity contribution in [3.05, 3.63) is 58.7 Å². The summed E-state index contributed by atoms with van der Waals surface area (Å²) in [5.74, 6) is -4.49. The van der Waals surface area contributed by atoms with Crippen LogP contribution in [0.2, 0.25) is 0 Å². The molecule has 1 aliphatic rings. The standard InChI is InChI=1S/C27H33F2N5O6/c1-4-6-22(15-7-8-18(26(36)37)21(30)11-15)32-27(38)34-14-24(33-40-5-2)31-13-17(25(34)35)9-16-10-19(28)20(29)12-23(16)39-3/h7-8,10-12,17,22H,4-6,9,13-14,30H2,1-3H3,(H,31,33)(H,32,38)(H,36,37)/t17-,22?/m1/s1. The molecule has 0 bridgehead atoms. The van der Waals surface area contributed by atoms with Crippen LogP contribution in [-0.4, -0.2) is 60.6 Å². The number of methoxy groups -OCH3 is 1. The summed E-state index contributed by atoms with van der Waals surface area (Å²) in [6.07, 6.45) is 1.09. The Bertz CT molecular complexity index is 1290. The van der Waals surface area contributed by atoms with E-state index in [-0.39, 0.29) is 54.5 Å². The number of nitrogens with one attached hydrogen (secondary N) is 2. The van der Waals surface area contributed by atoms with Gasteiger partial charge in [-0.1, -0.05) is 24.6 Å². The van der Waals surface area contributed by atoms with Crippen LogP contribution in [0.4, 0.5) is 19.3 Å². The second-order valence-electron chi connectivity index (χ2n) is 9.18. The van der Waals surface area contributed by atoms with Crippen molar-refractivity contribution >= 4 is 29.4 Å². The molecule has 1 heterocycles. The molecule has 2 aromatic rings. The number of carboxylic acid groups (broad SMARTS) is 1. The summed E-state index contributed by atoms with van der Waals surface area (Å²) in [5.41, 5.74) is 6.72. The summed E-state index contributed by atoms with van der Waals surface area (Å²) >= 11 is 0. The molecular weight excluding hydrogens is 528 g/mol. The van der Waals surface area contributed by atoms with E-state index in [2.05, 4.69) is 15.8 Å². The molecule has 0 aromatic heterocycles. The molecule has 1 saturated heterocycles. The topological polar surface area (TPSA) is 156 Å². The van der Waals surface area contributed by atoms with E-state index < -0.39 is 41.5 Å². The average Bonchev–Trinajstić information content (AvgIpc) is 3.07. The van der Waals surface area contributed by atoms with Crippen molar-refractivity contribution in [3.8, 4) is 5.75 Å². The van der Waals surface area contributed by atoms with Crippen LogP contribution in [-0.2, 0) is 16.1 Å². The molecular formula is C27H33F2N5O6. The van der Waals surface area contributed by atoms with E-state index in [0.717, 1.165) is 17.0 Å². The Morgan fingerprint density at radius 3 is 2.60 bits per heavy atom. The molecule has 3 rings (SSSR count). The maximum absolute atomic E-state index is 14.0. The molecule has 1 aliphatic heterocycles. The number of anilines is 1. The average molecular weight is 562 g/mol. The predicted octanol–water partition coefficient (Wildman–Crippen LogP) is 3.45. The maximum atomic E-state index is 14.0. The molecule has 0 aliphatic carbocycles. The molecule has 13 heteroatoms. The number of nitrogen functional groups attached to an aromatic ring is 1. The summed E-state index contributed by atoms with van der Waals surface area (Å²) in [4.78, 5) is 44.6. The van der Waals surface area contributed by atoms with E-state index in [1.807, 2.05) is 6.92 Å². The van der Waals surface area contributed by atoms with Gasteiger partial charge >= 0.3 is 12.0 Å². The van der Waals surface area contributed by atoms with Crippen LogP contribution in [0.15, 0.2) is 35.5 Å². The van der Waals surface area contributed by atoms with Crippen LogP contribution in [0.1, 0.15) is 54.2 Å². The Hall–Kier alpha value is -4.42. The molecule has 216 valence electrons. The van der Waals surface area contributed by atoms with E-state index in [1.54, 1.807) is 13.0 Å². The number of nitrogens with two attached hydrogens (primary N) is 1. The van der Waals surface area contributed by atoms with Crippen molar-refractivity contribution in [2.75, 3.05) is 32.5 Å². The number of hydrogen-bond acceptors (Lipinski definition) is 7. The molecule has 40 heavy (non-hydrogen) atoms. The predicted molar refractivity (Wildman–Crippen MR) is 143 cm³/mol. The first kappa shape index (κ1) is 30.1.